The Morgan fingerprint density at radius 1 is 1.31 bits per heavy atom. The molecule has 2 unspecified atom stereocenters. The molecule has 1 nitrogen and oxygen atoms in total. The first-order valence-corrected chi connectivity index (χ1v) is 6.35. The Bertz CT molecular complexity index is 261. The van der Waals surface area contributed by atoms with Crippen molar-refractivity contribution >= 4 is 5.78 Å². The lowest BCUT2D eigenvalue weighted by molar-refractivity contribution is -0.121. The number of hydrogen-bond donors (Lipinski definition) is 0. The first-order valence-electron chi connectivity index (χ1n) is 6.35. The third-order valence-corrected chi connectivity index (χ3v) is 3.03. The van der Waals surface area contributed by atoms with Gasteiger partial charge in [-0.1, -0.05) is 51.0 Å². The molecule has 0 aromatic carbocycles. The van der Waals surface area contributed by atoms with E-state index in [1.807, 2.05) is 32.9 Å². The van der Waals surface area contributed by atoms with Crippen LogP contribution < -0.4 is 0 Å². The van der Waals surface area contributed by atoms with Crippen molar-refractivity contribution in [1.82, 2.24) is 0 Å². The van der Waals surface area contributed by atoms with Gasteiger partial charge in [0.25, 0.3) is 0 Å². The molecule has 2 atom stereocenters. The van der Waals surface area contributed by atoms with Crippen molar-refractivity contribution in [2.24, 2.45) is 11.8 Å². The highest BCUT2D eigenvalue weighted by Crippen LogP contribution is 2.14. The SMILES string of the molecule is CC=CC(C)=CC(C)C(=O)CCC(C)CC. The minimum Gasteiger partial charge on any atom is -0.299 e. The number of hydrogen-bond acceptors (Lipinski definition) is 1. The fraction of sp³-hybridized carbons (Fsp3) is 0.667. The maximum absolute atomic E-state index is 11.8. The van der Waals surface area contributed by atoms with Gasteiger partial charge in [-0.2, -0.15) is 0 Å². The smallest absolute Gasteiger partial charge is 0.139 e. The van der Waals surface area contributed by atoms with Gasteiger partial charge in [-0.15, -0.1) is 0 Å². The van der Waals surface area contributed by atoms with E-state index in [2.05, 4.69) is 19.9 Å². The summed E-state index contributed by atoms with van der Waals surface area (Å²) in [6.45, 7) is 10.4. The Kier molecular flexibility index (Phi) is 7.88. The van der Waals surface area contributed by atoms with Crippen molar-refractivity contribution in [2.45, 2.75) is 53.9 Å². The summed E-state index contributed by atoms with van der Waals surface area (Å²) in [7, 11) is 0. The van der Waals surface area contributed by atoms with Crippen molar-refractivity contribution in [2.75, 3.05) is 0 Å². The minimum absolute atomic E-state index is 0.0558. The molecule has 0 aliphatic rings. The molecule has 0 aromatic heterocycles. The minimum atomic E-state index is 0.0558. The van der Waals surface area contributed by atoms with E-state index >= 15 is 0 Å². The normalized spacial score (nSPS) is 16.4. The van der Waals surface area contributed by atoms with Crippen LogP contribution in [0.3, 0.4) is 0 Å². The molecule has 0 saturated heterocycles. The number of allylic oxidation sites excluding steroid dienone is 4. The van der Waals surface area contributed by atoms with E-state index < -0.39 is 0 Å². The summed E-state index contributed by atoms with van der Waals surface area (Å²) in [5.41, 5.74) is 1.17. The fourth-order valence-electron chi connectivity index (χ4n) is 1.63. The van der Waals surface area contributed by atoms with E-state index in [0.29, 0.717) is 11.7 Å². The van der Waals surface area contributed by atoms with E-state index in [1.165, 1.54) is 5.57 Å². The fourth-order valence-corrected chi connectivity index (χ4v) is 1.63. The van der Waals surface area contributed by atoms with Gasteiger partial charge in [-0.05, 0) is 26.2 Å². The summed E-state index contributed by atoms with van der Waals surface area (Å²) in [5.74, 6) is 1.08. The van der Waals surface area contributed by atoms with Crippen molar-refractivity contribution in [3.05, 3.63) is 23.8 Å². The number of ketones is 1. The van der Waals surface area contributed by atoms with Crippen LogP contribution in [-0.2, 0) is 4.79 Å². The van der Waals surface area contributed by atoms with E-state index in [4.69, 9.17) is 0 Å². The zero-order chi connectivity index (χ0) is 12.6. The van der Waals surface area contributed by atoms with Gasteiger partial charge < -0.3 is 0 Å². The topological polar surface area (TPSA) is 17.1 Å². The Hall–Kier alpha value is -0.850. The molecule has 0 saturated carbocycles. The molecule has 16 heavy (non-hydrogen) atoms. The third-order valence-electron chi connectivity index (χ3n) is 3.03. The average Bonchev–Trinajstić information content (AvgIpc) is 2.25. The van der Waals surface area contributed by atoms with E-state index in [1.54, 1.807) is 0 Å². The summed E-state index contributed by atoms with van der Waals surface area (Å²) in [4.78, 5) is 11.8. The Balaban J connectivity index is 4.14. The molecule has 1 heteroatoms. The van der Waals surface area contributed by atoms with Gasteiger partial charge in [-0.25, -0.2) is 0 Å². The van der Waals surface area contributed by atoms with Crippen molar-refractivity contribution in [3.63, 3.8) is 0 Å². The predicted octanol–water partition coefficient (Wildman–Crippen LogP) is 4.54. The molecule has 0 spiro atoms. The molecular formula is C15H26O. The van der Waals surface area contributed by atoms with Gasteiger partial charge in [0, 0.05) is 12.3 Å². The van der Waals surface area contributed by atoms with Crippen LogP contribution in [0, 0.1) is 11.8 Å². The molecule has 0 N–H and O–H groups in total. The average molecular weight is 222 g/mol. The lowest BCUT2D eigenvalue weighted by Crippen LogP contribution is -2.10. The number of Topliss-reactive ketones (excluding diaryl/α,β-unsaturated/α-hetero) is 1. The summed E-state index contributed by atoms with van der Waals surface area (Å²) in [5, 5.41) is 0. The lowest BCUT2D eigenvalue weighted by atomic mass is 9.95. The number of carbonyl (C=O) groups is 1. The van der Waals surface area contributed by atoms with Gasteiger partial charge >= 0.3 is 0 Å². The van der Waals surface area contributed by atoms with Gasteiger partial charge in [0.05, 0.1) is 0 Å². The summed E-state index contributed by atoms with van der Waals surface area (Å²) in [6.07, 6.45) is 9.00. The summed E-state index contributed by atoms with van der Waals surface area (Å²) < 4.78 is 0. The maximum Gasteiger partial charge on any atom is 0.139 e. The summed E-state index contributed by atoms with van der Waals surface area (Å²) >= 11 is 0. The van der Waals surface area contributed by atoms with Crippen LogP contribution in [0.1, 0.15) is 53.9 Å². The number of carbonyl (C=O) groups excluding carboxylic acids is 1. The second-order valence-electron chi connectivity index (χ2n) is 4.72. The van der Waals surface area contributed by atoms with Crippen LogP contribution in [0.5, 0.6) is 0 Å². The van der Waals surface area contributed by atoms with E-state index in [-0.39, 0.29) is 5.92 Å². The molecule has 0 aliphatic carbocycles. The first kappa shape index (κ1) is 15.2. The maximum atomic E-state index is 11.8. The van der Waals surface area contributed by atoms with Gasteiger partial charge in [0.2, 0.25) is 0 Å². The van der Waals surface area contributed by atoms with E-state index in [0.717, 1.165) is 19.3 Å². The van der Waals surface area contributed by atoms with Crippen molar-refractivity contribution in [1.29, 1.82) is 0 Å². The van der Waals surface area contributed by atoms with Gasteiger partial charge in [0.1, 0.15) is 5.78 Å². The van der Waals surface area contributed by atoms with Crippen LogP contribution >= 0.6 is 0 Å². The molecule has 0 amide bonds. The first-order chi connectivity index (χ1) is 7.51. The van der Waals surface area contributed by atoms with Gasteiger partial charge in [0.15, 0.2) is 0 Å². The van der Waals surface area contributed by atoms with Gasteiger partial charge in [-0.3, -0.25) is 4.79 Å². The zero-order valence-corrected chi connectivity index (χ0v) is 11.4. The van der Waals surface area contributed by atoms with E-state index in [9.17, 15) is 4.79 Å². The molecule has 0 fully saturated rings. The highest BCUT2D eigenvalue weighted by atomic mass is 16.1. The second kappa shape index (κ2) is 8.32. The quantitative estimate of drug-likeness (QED) is 0.578. The Labute approximate surface area is 101 Å². The molecule has 0 aromatic rings. The Morgan fingerprint density at radius 2 is 1.94 bits per heavy atom. The summed E-state index contributed by atoms with van der Waals surface area (Å²) in [6, 6.07) is 0. The zero-order valence-electron chi connectivity index (χ0n) is 11.4. The van der Waals surface area contributed by atoms with Crippen molar-refractivity contribution in [3.8, 4) is 0 Å². The highest BCUT2D eigenvalue weighted by Gasteiger charge is 2.11. The molecule has 0 radical (unpaired) electrons. The highest BCUT2D eigenvalue weighted by molar-refractivity contribution is 5.82. The third kappa shape index (κ3) is 6.60. The Morgan fingerprint density at radius 3 is 2.44 bits per heavy atom. The van der Waals surface area contributed by atoms with Crippen LogP contribution in [0.4, 0.5) is 0 Å². The molecule has 0 aliphatic heterocycles. The molecule has 0 rings (SSSR count). The molecule has 92 valence electrons. The second-order valence-corrected chi connectivity index (χ2v) is 4.72. The van der Waals surface area contributed by atoms with Crippen LogP contribution in [0.25, 0.3) is 0 Å². The molecular weight excluding hydrogens is 196 g/mol. The standard InChI is InChI=1S/C15H26O/c1-6-8-13(4)11-14(5)15(16)10-9-12(3)7-2/h6,8,11-12,14H,7,9-10H2,1-5H3. The van der Waals surface area contributed by atoms with Crippen LogP contribution in [0.15, 0.2) is 23.8 Å². The largest absolute Gasteiger partial charge is 0.299 e. The lowest BCUT2D eigenvalue weighted by Gasteiger charge is -2.10. The van der Waals surface area contributed by atoms with Crippen molar-refractivity contribution < 1.29 is 4.79 Å². The monoisotopic (exact) mass is 222 g/mol. The van der Waals surface area contributed by atoms with Crippen LogP contribution in [-0.4, -0.2) is 5.78 Å². The molecule has 0 heterocycles. The predicted molar refractivity (Wildman–Crippen MR) is 71.4 cm³/mol. The number of rotatable bonds is 7. The van der Waals surface area contributed by atoms with Crippen LogP contribution in [0.2, 0.25) is 0 Å². The molecule has 0 bridgehead atoms.